The normalized spacial score (nSPS) is 13.4. The molecule has 0 aromatic heterocycles. The summed E-state index contributed by atoms with van der Waals surface area (Å²) in [5.74, 6) is -1.12. The first-order chi connectivity index (χ1) is 12.1. The number of imide groups is 1. The Morgan fingerprint density at radius 2 is 1.72 bits per heavy atom. The van der Waals surface area contributed by atoms with Crippen molar-refractivity contribution in [3.8, 4) is 5.75 Å². The SMILES string of the molecule is O=C(O)CCOc1cccc(C=CN2C(=O)c3ccccc3C2=O)c1. The van der Waals surface area contributed by atoms with Crippen molar-refractivity contribution in [2.24, 2.45) is 0 Å². The van der Waals surface area contributed by atoms with Gasteiger partial charge in [0.2, 0.25) is 0 Å². The maximum absolute atomic E-state index is 12.3. The molecule has 126 valence electrons. The Hall–Kier alpha value is -3.41. The molecular formula is C19H15NO5. The van der Waals surface area contributed by atoms with Gasteiger partial charge >= 0.3 is 5.97 Å². The topological polar surface area (TPSA) is 83.9 Å². The number of carbonyl (C=O) groups excluding carboxylic acids is 2. The summed E-state index contributed by atoms with van der Waals surface area (Å²) >= 11 is 0. The monoisotopic (exact) mass is 337 g/mol. The third kappa shape index (κ3) is 3.58. The highest BCUT2D eigenvalue weighted by Crippen LogP contribution is 2.23. The van der Waals surface area contributed by atoms with Crippen LogP contribution >= 0.6 is 0 Å². The van der Waals surface area contributed by atoms with Gasteiger partial charge in [-0.05, 0) is 35.9 Å². The summed E-state index contributed by atoms with van der Waals surface area (Å²) in [5.41, 5.74) is 1.51. The molecule has 0 saturated carbocycles. The number of nitrogens with zero attached hydrogens (tertiary/aromatic N) is 1. The van der Waals surface area contributed by atoms with E-state index >= 15 is 0 Å². The van der Waals surface area contributed by atoms with Crippen molar-refractivity contribution in [2.75, 3.05) is 6.61 Å². The van der Waals surface area contributed by atoms with Crippen LogP contribution in [0.2, 0.25) is 0 Å². The zero-order valence-electron chi connectivity index (χ0n) is 13.2. The zero-order valence-corrected chi connectivity index (χ0v) is 13.2. The van der Waals surface area contributed by atoms with E-state index in [-0.39, 0.29) is 24.8 Å². The van der Waals surface area contributed by atoms with E-state index in [1.807, 2.05) is 0 Å². The molecule has 0 unspecified atom stereocenters. The number of carboxylic acid groups (broad SMARTS) is 1. The summed E-state index contributed by atoms with van der Waals surface area (Å²) in [6.45, 7) is 0.0703. The zero-order chi connectivity index (χ0) is 17.8. The largest absolute Gasteiger partial charge is 0.493 e. The second kappa shape index (κ2) is 7.00. The fourth-order valence-electron chi connectivity index (χ4n) is 2.47. The first-order valence-corrected chi connectivity index (χ1v) is 7.66. The summed E-state index contributed by atoms with van der Waals surface area (Å²) in [4.78, 5) is 36.1. The van der Waals surface area contributed by atoms with E-state index in [0.717, 1.165) is 10.5 Å². The number of hydrogen-bond acceptors (Lipinski definition) is 4. The molecule has 1 heterocycles. The molecule has 3 rings (SSSR count). The van der Waals surface area contributed by atoms with E-state index in [1.54, 1.807) is 54.6 Å². The highest BCUT2D eigenvalue weighted by Gasteiger charge is 2.33. The summed E-state index contributed by atoms with van der Waals surface area (Å²) in [5, 5.41) is 8.62. The van der Waals surface area contributed by atoms with Gasteiger partial charge in [-0.2, -0.15) is 0 Å². The maximum Gasteiger partial charge on any atom is 0.306 e. The van der Waals surface area contributed by atoms with E-state index in [9.17, 15) is 14.4 Å². The van der Waals surface area contributed by atoms with Crippen LogP contribution in [-0.2, 0) is 4.79 Å². The lowest BCUT2D eigenvalue weighted by molar-refractivity contribution is -0.137. The van der Waals surface area contributed by atoms with Crippen molar-refractivity contribution in [2.45, 2.75) is 6.42 Å². The van der Waals surface area contributed by atoms with Crippen LogP contribution in [0, 0.1) is 0 Å². The van der Waals surface area contributed by atoms with Gasteiger partial charge in [-0.25, -0.2) is 4.90 Å². The van der Waals surface area contributed by atoms with E-state index in [4.69, 9.17) is 9.84 Å². The smallest absolute Gasteiger partial charge is 0.306 e. The molecule has 0 atom stereocenters. The van der Waals surface area contributed by atoms with Crippen LogP contribution < -0.4 is 4.74 Å². The lowest BCUT2D eigenvalue weighted by atomic mass is 10.1. The summed E-state index contributed by atoms with van der Waals surface area (Å²) in [6.07, 6.45) is 2.97. The number of carboxylic acids is 1. The van der Waals surface area contributed by atoms with Gasteiger partial charge < -0.3 is 9.84 Å². The number of benzene rings is 2. The quantitative estimate of drug-likeness (QED) is 0.820. The van der Waals surface area contributed by atoms with E-state index in [1.165, 1.54) is 6.20 Å². The van der Waals surface area contributed by atoms with Gasteiger partial charge in [-0.15, -0.1) is 0 Å². The lowest BCUT2D eigenvalue weighted by Gasteiger charge is -2.08. The second-order valence-electron chi connectivity index (χ2n) is 5.41. The molecule has 2 aromatic carbocycles. The highest BCUT2D eigenvalue weighted by molar-refractivity contribution is 6.22. The summed E-state index contributed by atoms with van der Waals surface area (Å²) in [6, 6.07) is 13.6. The lowest BCUT2D eigenvalue weighted by Crippen LogP contribution is -2.23. The van der Waals surface area contributed by atoms with E-state index in [2.05, 4.69) is 0 Å². The number of hydrogen-bond donors (Lipinski definition) is 1. The molecule has 6 heteroatoms. The molecule has 1 aliphatic heterocycles. The molecule has 0 bridgehead atoms. The molecule has 0 spiro atoms. The van der Waals surface area contributed by atoms with Gasteiger partial charge in [0.1, 0.15) is 5.75 Å². The molecule has 25 heavy (non-hydrogen) atoms. The Balaban J connectivity index is 1.72. The third-order valence-electron chi connectivity index (χ3n) is 3.68. The van der Waals surface area contributed by atoms with Crippen LogP contribution in [0.3, 0.4) is 0 Å². The van der Waals surface area contributed by atoms with Crippen molar-refractivity contribution >= 4 is 23.9 Å². The van der Waals surface area contributed by atoms with Gasteiger partial charge in [0, 0.05) is 6.20 Å². The van der Waals surface area contributed by atoms with Gasteiger partial charge in [0.25, 0.3) is 11.8 Å². The number of rotatable bonds is 6. The maximum atomic E-state index is 12.3. The van der Waals surface area contributed by atoms with Crippen LogP contribution in [0.5, 0.6) is 5.75 Å². The predicted molar refractivity (Wildman–Crippen MR) is 90.2 cm³/mol. The average Bonchev–Trinajstić information content (AvgIpc) is 2.85. The number of aliphatic carboxylic acids is 1. The Morgan fingerprint density at radius 1 is 1.04 bits per heavy atom. The van der Waals surface area contributed by atoms with Crippen molar-refractivity contribution < 1.29 is 24.2 Å². The molecule has 1 N–H and O–H groups in total. The van der Waals surface area contributed by atoms with Crippen LogP contribution in [0.25, 0.3) is 6.08 Å². The fraction of sp³-hybridized carbons (Fsp3) is 0.105. The molecular weight excluding hydrogens is 322 g/mol. The van der Waals surface area contributed by atoms with Crippen LogP contribution in [0.15, 0.2) is 54.7 Å². The minimum absolute atomic E-state index is 0.0703. The number of ether oxygens (including phenoxy) is 1. The van der Waals surface area contributed by atoms with E-state index < -0.39 is 5.97 Å². The van der Waals surface area contributed by atoms with Crippen LogP contribution in [-0.4, -0.2) is 34.4 Å². The predicted octanol–water partition coefficient (Wildman–Crippen LogP) is 2.81. The standard InChI is InChI=1S/C19H15NO5/c21-17(22)9-11-25-14-5-3-4-13(12-14)8-10-20-18(23)15-6-1-2-7-16(15)19(20)24/h1-8,10,12H,9,11H2,(H,21,22). The van der Waals surface area contributed by atoms with E-state index in [0.29, 0.717) is 16.9 Å². The molecule has 0 radical (unpaired) electrons. The summed E-state index contributed by atoms with van der Waals surface area (Å²) < 4.78 is 5.36. The number of carbonyl (C=O) groups is 3. The van der Waals surface area contributed by atoms with Crippen molar-refractivity contribution in [1.29, 1.82) is 0 Å². The summed E-state index contributed by atoms with van der Waals surface area (Å²) in [7, 11) is 0. The van der Waals surface area contributed by atoms with Crippen LogP contribution in [0.1, 0.15) is 32.7 Å². The molecule has 2 aromatic rings. The minimum Gasteiger partial charge on any atom is -0.493 e. The minimum atomic E-state index is -0.929. The Labute approximate surface area is 143 Å². The Kier molecular flexibility index (Phi) is 4.61. The molecule has 0 fully saturated rings. The second-order valence-corrected chi connectivity index (χ2v) is 5.41. The van der Waals surface area contributed by atoms with Gasteiger partial charge in [0.05, 0.1) is 24.2 Å². The van der Waals surface area contributed by atoms with Gasteiger partial charge in [-0.1, -0.05) is 24.3 Å². The molecule has 2 amide bonds. The molecule has 0 aliphatic carbocycles. The third-order valence-corrected chi connectivity index (χ3v) is 3.68. The first kappa shape index (κ1) is 16.4. The Morgan fingerprint density at radius 3 is 2.36 bits per heavy atom. The van der Waals surface area contributed by atoms with Crippen LogP contribution in [0.4, 0.5) is 0 Å². The average molecular weight is 337 g/mol. The number of amides is 2. The number of fused-ring (bicyclic) bond motifs is 1. The van der Waals surface area contributed by atoms with Crippen molar-refractivity contribution in [1.82, 2.24) is 4.90 Å². The van der Waals surface area contributed by atoms with Crippen molar-refractivity contribution in [3.05, 3.63) is 71.4 Å². The molecule has 0 saturated heterocycles. The van der Waals surface area contributed by atoms with Gasteiger partial charge in [0.15, 0.2) is 0 Å². The first-order valence-electron chi connectivity index (χ1n) is 7.66. The molecule has 1 aliphatic rings. The fourth-order valence-corrected chi connectivity index (χ4v) is 2.47. The van der Waals surface area contributed by atoms with Crippen molar-refractivity contribution in [3.63, 3.8) is 0 Å². The van der Waals surface area contributed by atoms with Gasteiger partial charge in [-0.3, -0.25) is 14.4 Å². The highest BCUT2D eigenvalue weighted by atomic mass is 16.5. The molecule has 6 nitrogen and oxygen atoms in total. The Bertz CT molecular complexity index is 837.